The van der Waals surface area contributed by atoms with E-state index in [0.29, 0.717) is 36.4 Å². The van der Waals surface area contributed by atoms with E-state index in [1.54, 1.807) is 30.3 Å². The van der Waals surface area contributed by atoms with Crippen molar-refractivity contribution in [1.82, 2.24) is 19.9 Å². The van der Waals surface area contributed by atoms with Gasteiger partial charge in [0, 0.05) is 5.56 Å². The number of halogens is 4. The summed E-state index contributed by atoms with van der Waals surface area (Å²) in [7, 11) is 0. The van der Waals surface area contributed by atoms with Gasteiger partial charge in [-0.05, 0) is 22.0 Å². The average Bonchev–Trinajstić information content (AvgIpc) is 3.10. The van der Waals surface area contributed by atoms with Crippen LogP contribution in [-0.4, -0.2) is 59.9 Å². The molecule has 1 aromatic carbocycles. The van der Waals surface area contributed by atoms with Crippen LogP contribution in [0.2, 0.25) is 0 Å². The molecule has 2 aromatic heterocycles. The second-order valence-corrected chi connectivity index (χ2v) is 7.95. The minimum atomic E-state index is -4.68. The summed E-state index contributed by atoms with van der Waals surface area (Å²) in [6.07, 6.45) is -4.68. The Morgan fingerprint density at radius 1 is 1.23 bits per heavy atom. The third kappa shape index (κ3) is 4.73. The molecule has 164 valence electrons. The quantitative estimate of drug-likeness (QED) is 0.562. The molecule has 3 heterocycles. The van der Waals surface area contributed by atoms with Crippen LogP contribution >= 0.6 is 15.9 Å². The highest BCUT2D eigenvalue weighted by Crippen LogP contribution is 2.34. The molecule has 0 spiro atoms. The Labute approximate surface area is 184 Å². The SMILES string of the molecule is O=C(NCC[NH+]1CCOCC1)c1nn2c(C(F)(F)F)cc(-c3ccccc3)nc2c1Br. The fourth-order valence-corrected chi connectivity index (χ4v) is 3.96. The smallest absolute Gasteiger partial charge is 0.370 e. The number of quaternary nitrogens is 1. The number of aromatic nitrogens is 3. The maximum Gasteiger partial charge on any atom is 0.433 e. The Bertz CT molecular complexity index is 1080. The summed E-state index contributed by atoms with van der Waals surface area (Å²) in [4.78, 5) is 18.3. The highest BCUT2D eigenvalue weighted by Gasteiger charge is 2.36. The van der Waals surface area contributed by atoms with Crippen LogP contribution in [-0.2, 0) is 10.9 Å². The van der Waals surface area contributed by atoms with Gasteiger partial charge in [0.25, 0.3) is 5.91 Å². The molecular formula is C20H20BrF3N5O2+. The molecule has 0 atom stereocenters. The predicted molar refractivity (Wildman–Crippen MR) is 110 cm³/mol. The first-order valence-corrected chi connectivity index (χ1v) is 10.6. The van der Waals surface area contributed by atoms with Gasteiger partial charge in [0.1, 0.15) is 13.1 Å². The minimum Gasteiger partial charge on any atom is -0.370 e. The van der Waals surface area contributed by atoms with Gasteiger partial charge in [-0.1, -0.05) is 30.3 Å². The first-order valence-electron chi connectivity index (χ1n) is 9.76. The zero-order valence-electron chi connectivity index (χ0n) is 16.4. The van der Waals surface area contributed by atoms with E-state index in [9.17, 15) is 18.0 Å². The van der Waals surface area contributed by atoms with Crippen LogP contribution in [0.25, 0.3) is 16.9 Å². The molecular weight excluding hydrogens is 479 g/mol. The molecule has 2 N–H and O–H groups in total. The van der Waals surface area contributed by atoms with Crippen molar-refractivity contribution >= 4 is 27.5 Å². The molecule has 3 aromatic rings. The molecule has 4 rings (SSSR count). The lowest BCUT2D eigenvalue weighted by Gasteiger charge is -2.23. The molecule has 0 radical (unpaired) electrons. The van der Waals surface area contributed by atoms with Gasteiger partial charge in [0.2, 0.25) is 0 Å². The van der Waals surface area contributed by atoms with Gasteiger partial charge in [-0.25, -0.2) is 9.50 Å². The Morgan fingerprint density at radius 3 is 2.61 bits per heavy atom. The molecule has 1 amide bonds. The number of amides is 1. The van der Waals surface area contributed by atoms with Crippen molar-refractivity contribution in [2.45, 2.75) is 6.18 Å². The molecule has 0 saturated carbocycles. The number of fused-ring (bicyclic) bond motifs is 1. The fourth-order valence-electron chi connectivity index (χ4n) is 3.44. The summed E-state index contributed by atoms with van der Waals surface area (Å²) in [5.74, 6) is -0.556. The number of nitrogens with zero attached hydrogens (tertiary/aromatic N) is 3. The van der Waals surface area contributed by atoms with Gasteiger partial charge in [0.05, 0.1) is 36.5 Å². The third-order valence-electron chi connectivity index (χ3n) is 5.07. The summed E-state index contributed by atoms with van der Waals surface area (Å²) in [6, 6.07) is 9.48. The Morgan fingerprint density at radius 2 is 1.94 bits per heavy atom. The fraction of sp³-hybridized carbons (Fsp3) is 0.350. The Hall–Kier alpha value is -2.50. The minimum absolute atomic E-state index is 0.0716. The van der Waals surface area contributed by atoms with Crippen LogP contribution in [0.5, 0.6) is 0 Å². The Kier molecular flexibility index (Phi) is 6.26. The first kappa shape index (κ1) is 21.7. The number of ether oxygens (including phenoxy) is 1. The molecule has 11 heteroatoms. The summed E-state index contributed by atoms with van der Waals surface area (Å²) < 4.78 is 47.3. The van der Waals surface area contributed by atoms with Crippen LogP contribution in [0.15, 0.2) is 40.9 Å². The molecule has 0 bridgehead atoms. The standard InChI is InChI=1S/C20H19BrF3N5O2/c21-16-17(19(30)25-6-7-28-8-10-31-11-9-28)27-29-15(20(22,23)24)12-14(26-18(16)29)13-4-2-1-3-5-13/h1-5,12H,6-11H2,(H,25,30)/p+1. The maximum atomic E-state index is 13.7. The van der Waals surface area contributed by atoms with E-state index in [2.05, 4.69) is 31.3 Å². The summed E-state index contributed by atoms with van der Waals surface area (Å²) in [5.41, 5.74) is -0.543. The lowest BCUT2D eigenvalue weighted by molar-refractivity contribution is -0.906. The molecule has 1 saturated heterocycles. The van der Waals surface area contributed by atoms with Crippen molar-refractivity contribution in [3.05, 3.63) is 52.3 Å². The van der Waals surface area contributed by atoms with Gasteiger partial charge in [-0.15, -0.1) is 0 Å². The summed E-state index contributed by atoms with van der Waals surface area (Å²) in [6.45, 7) is 4.14. The van der Waals surface area contributed by atoms with E-state index in [-0.39, 0.29) is 21.5 Å². The number of carbonyl (C=O) groups excluding carboxylic acids is 1. The van der Waals surface area contributed by atoms with E-state index in [1.165, 1.54) is 4.90 Å². The van der Waals surface area contributed by atoms with Crippen LogP contribution < -0.4 is 10.2 Å². The lowest BCUT2D eigenvalue weighted by Crippen LogP contribution is -3.14. The van der Waals surface area contributed by atoms with E-state index in [0.717, 1.165) is 19.2 Å². The van der Waals surface area contributed by atoms with Crippen LogP contribution in [0, 0.1) is 0 Å². The number of benzene rings is 1. The second kappa shape index (κ2) is 8.93. The van der Waals surface area contributed by atoms with Crippen molar-refractivity contribution in [3.63, 3.8) is 0 Å². The monoisotopic (exact) mass is 498 g/mol. The number of nitrogens with one attached hydrogen (secondary N) is 2. The topological polar surface area (TPSA) is 73.0 Å². The number of rotatable bonds is 5. The van der Waals surface area contributed by atoms with E-state index in [4.69, 9.17) is 4.74 Å². The molecule has 1 fully saturated rings. The molecule has 0 aliphatic carbocycles. The Balaban J connectivity index is 1.64. The molecule has 31 heavy (non-hydrogen) atoms. The largest absolute Gasteiger partial charge is 0.433 e. The van der Waals surface area contributed by atoms with Crippen molar-refractivity contribution < 1.29 is 27.6 Å². The average molecular weight is 499 g/mol. The lowest BCUT2D eigenvalue weighted by atomic mass is 10.1. The van der Waals surface area contributed by atoms with E-state index in [1.807, 2.05) is 0 Å². The zero-order valence-corrected chi connectivity index (χ0v) is 18.0. The maximum absolute atomic E-state index is 13.7. The number of hydrogen-bond acceptors (Lipinski definition) is 4. The molecule has 7 nitrogen and oxygen atoms in total. The number of hydrogen-bond donors (Lipinski definition) is 2. The van der Waals surface area contributed by atoms with Crippen molar-refractivity contribution in [3.8, 4) is 11.3 Å². The zero-order chi connectivity index (χ0) is 22.0. The predicted octanol–water partition coefficient (Wildman–Crippen LogP) is 1.82. The normalized spacial score (nSPS) is 15.4. The van der Waals surface area contributed by atoms with Crippen molar-refractivity contribution in [1.29, 1.82) is 0 Å². The first-order chi connectivity index (χ1) is 14.8. The van der Waals surface area contributed by atoms with Gasteiger partial charge < -0.3 is 15.0 Å². The number of carbonyl (C=O) groups is 1. The highest BCUT2D eigenvalue weighted by atomic mass is 79.9. The summed E-state index contributed by atoms with van der Waals surface area (Å²) >= 11 is 3.23. The van der Waals surface area contributed by atoms with Gasteiger partial charge in [-0.3, -0.25) is 4.79 Å². The van der Waals surface area contributed by atoms with Gasteiger partial charge >= 0.3 is 6.18 Å². The molecule has 1 aliphatic rings. The number of morpholine rings is 1. The third-order valence-corrected chi connectivity index (χ3v) is 5.80. The van der Waals surface area contributed by atoms with Gasteiger partial charge in [-0.2, -0.15) is 18.3 Å². The van der Waals surface area contributed by atoms with E-state index >= 15 is 0 Å². The van der Waals surface area contributed by atoms with E-state index < -0.39 is 17.8 Å². The van der Waals surface area contributed by atoms with Crippen LogP contribution in [0.3, 0.4) is 0 Å². The second-order valence-electron chi connectivity index (χ2n) is 7.16. The van der Waals surface area contributed by atoms with Crippen molar-refractivity contribution in [2.75, 3.05) is 39.4 Å². The highest BCUT2D eigenvalue weighted by molar-refractivity contribution is 9.10. The van der Waals surface area contributed by atoms with Crippen LogP contribution in [0.1, 0.15) is 16.2 Å². The van der Waals surface area contributed by atoms with Crippen LogP contribution in [0.4, 0.5) is 13.2 Å². The molecule has 1 aliphatic heterocycles. The summed E-state index contributed by atoms with van der Waals surface area (Å²) in [5, 5.41) is 6.66. The van der Waals surface area contributed by atoms with Gasteiger partial charge in [0.15, 0.2) is 17.0 Å². The number of alkyl halides is 3. The molecule has 0 unspecified atom stereocenters. The van der Waals surface area contributed by atoms with Crippen molar-refractivity contribution in [2.24, 2.45) is 0 Å².